The number of rotatable bonds is 21. The predicted molar refractivity (Wildman–Crippen MR) is 196 cm³/mol. The van der Waals surface area contributed by atoms with Crippen LogP contribution in [-0.4, -0.2) is 64.0 Å². The molecule has 0 bridgehead atoms. The number of nitrogens with one attached hydrogen (secondary N) is 2. The van der Waals surface area contributed by atoms with E-state index in [4.69, 9.17) is 9.47 Å². The van der Waals surface area contributed by atoms with Gasteiger partial charge in [0.1, 0.15) is 11.5 Å². The third kappa shape index (κ3) is 13.3. The number of ether oxygens (including phenoxy) is 2. The Morgan fingerprint density at radius 3 is 1.23 bits per heavy atom. The van der Waals surface area contributed by atoms with Crippen LogP contribution < -0.4 is 19.3 Å². The zero-order valence-electron chi connectivity index (χ0n) is 30.4. The molecule has 2 heterocycles. The molecule has 0 saturated carbocycles. The average Bonchev–Trinajstić information content (AvgIpc) is 3.55. The largest absolute Gasteiger partial charge is 0.494 e. The number of carbonyl (C=O) groups excluding carboxylic acids is 2. The molecule has 2 atom stereocenters. The highest BCUT2D eigenvalue weighted by molar-refractivity contribution is 5.99. The molecule has 2 aliphatic rings. The number of benzene rings is 2. The maximum absolute atomic E-state index is 14.2. The van der Waals surface area contributed by atoms with Gasteiger partial charge in [0.2, 0.25) is 0 Å². The number of Topliss-reactive ketones (excluding diaryl/α,β-unsaturated/α-hetero) is 2. The second-order valence-electron chi connectivity index (χ2n) is 14.6. The normalized spacial score (nSPS) is 17.6. The number of hydrogen-bond acceptors (Lipinski definition) is 4. The van der Waals surface area contributed by atoms with Gasteiger partial charge in [-0.3, -0.25) is 9.59 Å². The lowest BCUT2D eigenvalue weighted by Gasteiger charge is -2.26. The molecule has 0 amide bonds. The van der Waals surface area contributed by atoms with Gasteiger partial charge in [-0.15, -0.1) is 0 Å². The molecule has 0 aliphatic carbocycles. The number of likely N-dealkylation sites (tertiary alicyclic amines) is 2. The SMILES string of the molecule is CCCCCOc1ccc(C(=O)C(CCC(C[NH+]2CCCCCC2)C(=O)c2ccc(OCCCCC)cc2)C[NH+]2CCCCCC2)cc1. The van der Waals surface area contributed by atoms with Crippen molar-refractivity contribution in [2.75, 3.05) is 52.5 Å². The van der Waals surface area contributed by atoms with Gasteiger partial charge in [0.15, 0.2) is 11.6 Å². The fourth-order valence-corrected chi connectivity index (χ4v) is 7.60. The van der Waals surface area contributed by atoms with Crippen molar-refractivity contribution in [3.63, 3.8) is 0 Å². The minimum Gasteiger partial charge on any atom is -0.494 e. The Hall–Kier alpha value is -2.70. The van der Waals surface area contributed by atoms with E-state index < -0.39 is 0 Å². The first-order valence-electron chi connectivity index (χ1n) is 19.8. The molecular weight excluding hydrogens is 596 g/mol. The minimum absolute atomic E-state index is 0.0947. The smallest absolute Gasteiger partial charge is 0.171 e. The van der Waals surface area contributed by atoms with Crippen LogP contribution in [0.25, 0.3) is 0 Å². The second kappa shape index (κ2) is 22.1. The molecular formula is C42H66N2O4+2. The van der Waals surface area contributed by atoms with E-state index in [1.807, 2.05) is 48.5 Å². The van der Waals surface area contributed by atoms with E-state index in [1.165, 1.54) is 77.0 Å². The summed E-state index contributed by atoms with van der Waals surface area (Å²) in [4.78, 5) is 31.5. The number of quaternary nitrogens is 2. The summed E-state index contributed by atoms with van der Waals surface area (Å²) in [6.45, 7) is 12.1. The Bertz CT molecular complexity index is 1070. The molecule has 0 radical (unpaired) electrons. The van der Waals surface area contributed by atoms with Crippen molar-refractivity contribution in [2.24, 2.45) is 11.8 Å². The number of hydrogen-bond donors (Lipinski definition) is 2. The van der Waals surface area contributed by atoms with Crippen molar-refractivity contribution in [1.82, 2.24) is 0 Å². The van der Waals surface area contributed by atoms with E-state index in [1.54, 1.807) is 9.80 Å². The molecule has 0 aromatic heterocycles. The summed E-state index contributed by atoms with van der Waals surface area (Å²) < 4.78 is 11.9. The lowest BCUT2D eigenvalue weighted by Crippen LogP contribution is -3.12. The lowest BCUT2D eigenvalue weighted by molar-refractivity contribution is -0.902. The summed E-state index contributed by atoms with van der Waals surface area (Å²) in [5.41, 5.74) is 1.54. The van der Waals surface area contributed by atoms with Crippen LogP contribution in [0.3, 0.4) is 0 Å². The number of carbonyl (C=O) groups is 2. The van der Waals surface area contributed by atoms with Crippen LogP contribution in [0, 0.1) is 11.8 Å². The molecule has 2 saturated heterocycles. The molecule has 266 valence electrons. The van der Waals surface area contributed by atoms with Gasteiger partial charge in [0.25, 0.3) is 0 Å². The van der Waals surface area contributed by atoms with Crippen molar-refractivity contribution in [3.05, 3.63) is 59.7 Å². The van der Waals surface area contributed by atoms with Crippen molar-refractivity contribution in [1.29, 1.82) is 0 Å². The maximum Gasteiger partial charge on any atom is 0.171 e. The summed E-state index contributed by atoms with van der Waals surface area (Å²) in [6, 6.07) is 15.7. The van der Waals surface area contributed by atoms with Gasteiger partial charge in [-0.25, -0.2) is 0 Å². The van der Waals surface area contributed by atoms with E-state index >= 15 is 0 Å². The Labute approximate surface area is 291 Å². The lowest BCUT2D eigenvalue weighted by atomic mass is 9.86. The molecule has 2 fully saturated rings. The van der Waals surface area contributed by atoms with Crippen LogP contribution in [0.2, 0.25) is 0 Å². The maximum atomic E-state index is 14.2. The van der Waals surface area contributed by atoms with E-state index in [9.17, 15) is 9.59 Å². The summed E-state index contributed by atoms with van der Waals surface area (Å²) in [7, 11) is 0. The van der Waals surface area contributed by atoms with Crippen LogP contribution in [0.4, 0.5) is 0 Å². The summed E-state index contributed by atoms with van der Waals surface area (Å²) in [6.07, 6.45) is 18.4. The number of unbranched alkanes of at least 4 members (excludes halogenated alkanes) is 4. The van der Waals surface area contributed by atoms with Gasteiger partial charge in [0.05, 0.1) is 64.3 Å². The summed E-state index contributed by atoms with van der Waals surface area (Å²) in [5, 5.41) is 0. The Morgan fingerprint density at radius 1 is 0.542 bits per heavy atom. The van der Waals surface area contributed by atoms with E-state index in [-0.39, 0.29) is 23.4 Å². The highest BCUT2D eigenvalue weighted by Gasteiger charge is 2.31. The molecule has 48 heavy (non-hydrogen) atoms. The fourth-order valence-electron chi connectivity index (χ4n) is 7.60. The molecule has 2 aromatic carbocycles. The average molecular weight is 663 g/mol. The third-order valence-electron chi connectivity index (χ3n) is 10.6. The Balaban J connectivity index is 1.48. The molecule has 2 aliphatic heterocycles. The molecule has 2 unspecified atom stereocenters. The molecule has 2 N–H and O–H groups in total. The predicted octanol–water partition coefficient (Wildman–Crippen LogP) is 6.82. The molecule has 6 nitrogen and oxygen atoms in total. The molecule has 4 rings (SSSR count). The van der Waals surface area contributed by atoms with Gasteiger partial charge in [-0.05, 0) is 126 Å². The highest BCUT2D eigenvalue weighted by Crippen LogP contribution is 2.23. The quantitative estimate of drug-likeness (QED) is 0.114. The van der Waals surface area contributed by atoms with E-state index in [0.717, 1.165) is 87.6 Å². The van der Waals surface area contributed by atoms with E-state index in [2.05, 4.69) is 13.8 Å². The standard InChI is InChI=1S/C42H64N2O4/c1-3-5-15-31-47-39-23-19-35(20-24-39)41(45)37(33-43-27-11-7-8-12-28-43)17-18-38(34-44-29-13-9-10-14-30-44)42(46)36-21-25-40(26-22-36)48-32-16-6-4-2/h19-26,37-38H,3-18,27-34H2,1-2H3/p+2. The highest BCUT2D eigenvalue weighted by atomic mass is 16.5. The van der Waals surface area contributed by atoms with Gasteiger partial charge in [0, 0.05) is 11.1 Å². The zero-order valence-corrected chi connectivity index (χ0v) is 30.4. The van der Waals surface area contributed by atoms with Crippen LogP contribution in [0.1, 0.15) is 137 Å². The first-order chi connectivity index (χ1) is 23.6. The fraction of sp³-hybridized carbons (Fsp3) is 0.667. The van der Waals surface area contributed by atoms with Crippen LogP contribution in [0.5, 0.6) is 11.5 Å². The Morgan fingerprint density at radius 2 is 0.896 bits per heavy atom. The van der Waals surface area contributed by atoms with Crippen LogP contribution >= 0.6 is 0 Å². The third-order valence-corrected chi connectivity index (χ3v) is 10.6. The van der Waals surface area contributed by atoms with Gasteiger partial charge >= 0.3 is 0 Å². The van der Waals surface area contributed by atoms with Crippen molar-refractivity contribution >= 4 is 11.6 Å². The molecule has 0 spiro atoms. The minimum atomic E-state index is -0.0947. The van der Waals surface area contributed by atoms with Crippen LogP contribution in [-0.2, 0) is 0 Å². The van der Waals surface area contributed by atoms with Gasteiger partial charge < -0.3 is 19.3 Å². The number of ketones is 2. The first-order valence-corrected chi connectivity index (χ1v) is 19.8. The van der Waals surface area contributed by atoms with Gasteiger partial charge in [-0.1, -0.05) is 39.5 Å². The molecule has 2 aromatic rings. The van der Waals surface area contributed by atoms with Gasteiger partial charge in [-0.2, -0.15) is 0 Å². The summed E-state index contributed by atoms with van der Waals surface area (Å²) in [5.74, 6) is 1.93. The molecule has 6 heteroatoms. The summed E-state index contributed by atoms with van der Waals surface area (Å²) >= 11 is 0. The first kappa shape index (κ1) is 38.1. The van der Waals surface area contributed by atoms with Crippen molar-refractivity contribution in [3.8, 4) is 11.5 Å². The topological polar surface area (TPSA) is 61.5 Å². The van der Waals surface area contributed by atoms with E-state index in [0.29, 0.717) is 13.2 Å². The Kier molecular flexibility index (Phi) is 17.5. The van der Waals surface area contributed by atoms with Crippen molar-refractivity contribution in [2.45, 2.75) is 117 Å². The van der Waals surface area contributed by atoms with Crippen LogP contribution in [0.15, 0.2) is 48.5 Å². The monoisotopic (exact) mass is 663 g/mol. The zero-order chi connectivity index (χ0) is 33.8. The second-order valence-corrected chi connectivity index (χ2v) is 14.6. The van der Waals surface area contributed by atoms with Crippen molar-refractivity contribution < 1.29 is 28.9 Å².